The minimum absolute atomic E-state index is 0.0709. The number of dihydropyridines is 1. The molecule has 2 aliphatic rings. The van der Waals surface area contributed by atoms with Crippen molar-refractivity contribution in [1.29, 1.82) is 5.26 Å². The molecule has 2 aromatic rings. The average molecular weight is 504 g/mol. The normalized spacial score (nSPS) is 18.7. The molecular formula is C27H25N3O5S. The van der Waals surface area contributed by atoms with Crippen LogP contribution in [0.25, 0.3) is 0 Å². The fourth-order valence-electron chi connectivity index (χ4n) is 4.64. The standard InChI is InChI=1S/C27H25N3O5S/c1-27(2)12-21-25(22(31)13-27)24(17-5-4-6-18(11-17)30(33)34)20(14-28)26(29-21)36-15-23(32)16-7-9-19(35-3)10-8-16/h4-11,24,29H,12-13,15H2,1-3H3/t24-/m0/s1. The summed E-state index contributed by atoms with van der Waals surface area (Å²) in [7, 11) is 1.55. The molecule has 1 aliphatic heterocycles. The number of rotatable bonds is 7. The molecular weight excluding hydrogens is 478 g/mol. The Morgan fingerprint density at radius 2 is 1.97 bits per heavy atom. The molecule has 9 heteroatoms. The van der Waals surface area contributed by atoms with E-state index in [9.17, 15) is 25.0 Å². The number of nitrogens with one attached hydrogen (secondary N) is 1. The van der Waals surface area contributed by atoms with Gasteiger partial charge in [0.2, 0.25) is 0 Å². The molecule has 2 aromatic carbocycles. The highest BCUT2D eigenvalue weighted by Gasteiger charge is 2.42. The SMILES string of the molecule is COc1ccc(C(=O)CSC2=C(C#N)[C@H](c3cccc([N+](=O)[O-])c3)C3=C(CC(C)(C)CC3=O)N2)cc1. The molecule has 4 rings (SSSR count). The number of Topliss-reactive ketones (excluding diaryl/α,β-unsaturated/α-hetero) is 2. The van der Waals surface area contributed by atoms with E-state index in [4.69, 9.17) is 4.74 Å². The van der Waals surface area contributed by atoms with E-state index >= 15 is 0 Å². The van der Waals surface area contributed by atoms with Crippen molar-refractivity contribution in [2.45, 2.75) is 32.6 Å². The summed E-state index contributed by atoms with van der Waals surface area (Å²) in [6.07, 6.45) is 0.894. The predicted octanol–water partition coefficient (Wildman–Crippen LogP) is 5.28. The number of carbonyl (C=O) groups excluding carboxylic acids is 2. The van der Waals surface area contributed by atoms with Gasteiger partial charge in [0.1, 0.15) is 5.75 Å². The van der Waals surface area contributed by atoms with Gasteiger partial charge in [-0.2, -0.15) is 5.26 Å². The fraction of sp³-hybridized carbons (Fsp3) is 0.296. The summed E-state index contributed by atoms with van der Waals surface area (Å²) in [5, 5.41) is 25.4. The van der Waals surface area contributed by atoms with Gasteiger partial charge in [0.15, 0.2) is 11.6 Å². The second-order valence-electron chi connectivity index (χ2n) is 9.54. The monoisotopic (exact) mass is 503 g/mol. The molecule has 184 valence electrons. The molecule has 0 radical (unpaired) electrons. The Bertz CT molecular complexity index is 1350. The number of nitro benzene ring substituents is 1. The molecule has 0 saturated heterocycles. The maximum atomic E-state index is 13.3. The molecule has 1 aliphatic carbocycles. The van der Waals surface area contributed by atoms with Crippen LogP contribution in [0.2, 0.25) is 0 Å². The molecule has 0 amide bonds. The average Bonchev–Trinajstić information content (AvgIpc) is 2.85. The van der Waals surface area contributed by atoms with Crippen LogP contribution in [0, 0.1) is 26.9 Å². The van der Waals surface area contributed by atoms with Crippen LogP contribution >= 0.6 is 11.8 Å². The number of thioether (sulfide) groups is 1. The van der Waals surface area contributed by atoms with Gasteiger partial charge in [-0.15, -0.1) is 0 Å². The van der Waals surface area contributed by atoms with Crippen LogP contribution in [0.1, 0.15) is 48.5 Å². The van der Waals surface area contributed by atoms with E-state index in [0.29, 0.717) is 46.0 Å². The van der Waals surface area contributed by atoms with Gasteiger partial charge in [0.05, 0.1) is 40.4 Å². The van der Waals surface area contributed by atoms with Crippen molar-refractivity contribution in [1.82, 2.24) is 5.32 Å². The summed E-state index contributed by atoms with van der Waals surface area (Å²) < 4.78 is 5.14. The first-order valence-corrected chi connectivity index (χ1v) is 12.3. The quantitative estimate of drug-likeness (QED) is 0.307. The smallest absolute Gasteiger partial charge is 0.269 e. The molecule has 1 atom stereocenters. The first kappa shape index (κ1) is 25.2. The van der Waals surface area contributed by atoms with Gasteiger partial charge < -0.3 is 10.1 Å². The first-order chi connectivity index (χ1) is 17.1. The molecule has 0 bridgehead atoms. The van der Waals surface area contributed by atoms with E-state index in [1.165, 1.54) is 23.9 Å². The van der Waals surface area contributed by atoms with Gasteiger partial charge >= 0.3 is 0 Å². The van der Waals surface area contributed by atoms with Crippen LogP contribution < -0.4 is 10.1 Å². The third-order valence-electron chi connectivity index (χ3n) is 6.30. The van der Waals surface area contributed by atoms with Crippen molar-refractivity contribution in [3.05, 3.63) is 91.6 Å². The van der Waals surface area contributed by atoms with Gasteiger partial charge in [0, 0.05) is 35.4 Å². The van der Waals surface area contributed by atoms with E-state index in [0.717, 1.165) is 0 Å². The van der Waals surface area contributed by atoms with E-state index in [1.807, 2.05) is 13.8 Å². The minimum Gasteiger partial charge on any atom is -0.497 e. The summed E-state index contributed by atoms with van der Waals surface area (Å²) in [4.78, 5) is 37.1. The van der Waals surface area contributed by atoms with E-state index in [-0.39, 0.29) is 34.0 Å². The van der Waals surface area contributed by atoms with Crippen LogP contribution in [0.3, 0.4) is 0 Å². The Balaban J connectivity index is 1.73. The fourth-order valence-corrected chi connectivity index (χ4v) is 5.60. The zero-order chi connectivity index (χ0) is 26.0. The van der Waals surface area contributed by atoms with Crippen LogP contribution in [-0.2, 0) is 4.79 Å². The topological polar surface area (TPSA) is 122 Å². The number of ketones is 2. The lowest BCUT2D eigenvalue weighted by atomic mass is 9.69. The summed E-state index contributed by atoms with van der Waals surface area (Å²) in [6.45, 7) is 4.00. The minimum atomic E-state index is -0.742. The number of nitro groups is 1. The molecule has 0 saturated carbocycles. The largest absolute Gasteiger partial charge is 0.497 e. The number of benzene rings is 2. The number of methoxy groups -OCH3 is 1. The number of ether oxygens (including phenoxy) is 1. The van der Waals surface area contributed by atoms with Gasteiger partial charge in [0.25, 0.3) is 5.69 Å². The lowest BCUT2D eigenvalue weighted by Gasteiger charge is -2.39. The number of hydrogen-bond donors (Lipinski definition) is 1. The van der Waals surface area contributed by atoms with Crippen molar-refractivity contribution < 1.29 is 19.2 Å². The highest BCUT2D eigenvalue weighted by atomic mass is 32.2. The van der Waals surface area contributed by atoms with Crippen LogP contribution in [0.5, 0.6) is 5.75 Å². The Hall–Kier alpha value is -3.90. The van der Waals surface area contributed by atoms with Gasteiger partial charge in [-0.3, -0.25) is 19.7 Å². The zero-order valence-corrected chi connectivity index (χ0v) is 21.0. The number of allylic oxidation sites excluding steroid dienone is 3. The second-order valence-corrected chi connectivity index (χ2v) is 10.5. The maximum Gasteiger partial charge on any atom is 0.269 e. The molecule has 1 heterocycles. The highest BCUT2D eigenvalue weighted by Crippen LogP contribution is 2.48. The second kappa shape index (κ2) is 9.99. The lowest BCUT2D eigenvalue weighted by molar-refractivity contribution is -0.384. The Labute approximate surface area is 213 Å². The number of hydrogen-bond acceptors (Lipinski definition) is 8. The van der Waals surface area contributed by atoms with Crippen molar-refractivity contribution in [3.63, 3.8) is 0 Å². The van der Waals surface area contributed by atoms with Crippen molar-refractivity contribution >= 4 is 29.0 Å². The number of non-ortho nitro benzene ring substituents is 1. The highest BCUT2D eigenvalue weighted by molar-refractivity contribution is 8.03. The van der Waals surface area contributed by atoms with E-state index in [2.05, 4.69) is 11.4 Å². The Kier molecular flexibility index (Phi) is 7.00. The maximum absolute atomic E-state index is 13.3. The molecule has 0 fully saturated rings. The van der Waals surface area contributed by atoms with E-state index in [1.54, 1.807) is 43.5 Å². The van der Waals surface area contributed by atoms with Crippen LogP contribution in [0.15, 0.2) is 70.4 Å². The van der Waals surface area contributed by atoms with Gasteiger partial charge in [-0.05, 0) is 41.7 Å². The predicted molar refractivity (Wildman–Crippen MR) is 136 cm³/mol. The Morgan fingerprint density at radius 1 is 1.25 bits per heavy atom. The molecule has 1 N–H and O–H groups in total. The third kappa shape index (κ3) is 5.04. The lowest BCUT2D eigenvalue weighted by Crippen LogP contribution is -2.37. The van der Waals surface area contributed by atoms with Crippen molar-refractivity contribution in [2.75, 3.05) is 12.9 Å². The number of nitrogens with zero attached hydrogens (tertiary/aromatic N) is 2. The third-order valence-corrected chi connectivity index (χ3v) is 7.32. The summed E-state index contributed by atoms with van der Waals surface area (Å²) >= 11 is 1.19. The molecule has 0 spiro atoms. The molecule has 36 heavy (non-hydrogen) atoms. The van der Waals surface area contributed by atoms with Gasteiger partial charge in [-0.25, -0.2) is 0 Å². The Morgan fingerprint density at radius 3 is 2.61 bits per heavy atom. The molecule has 0 aromatic heterocycles. The summed E-state index contributed by atoms with van der Waals surface area (Å²) in [5.74, 6) is -0.237. The van der Waals surface area contributed by atoms with Crippen molar-refractivity contribution in [2.24, 2.45) is 5.41 Å². The molecule has 0 unspecified atom stereocenters. The van der Waals surface area contributed by atoms with Crippen LogP contribution in [-0.4, -0.2) is 29.4 Å². The summed E-state index contributed by atoms with van der Waals surface area (Å²) in [5.41, 5.74) is 2.07. The van der Waals surface area contributed by atoms with Crippen molar-refractivity contribution in [3.8, 4) is 11.8 Å². The van der Waals surface area contributed by atoms with Gasteiger partial charge in [-0.1, -0.05) is 37.7 Å². The summed E-state index contributed by atoms with van der Waals surface area (Å²) in [6, 6.07) is 15.1. The zero-order valence-electron chi connectivity index (χ0n) is 20.2. The number of nitriles is 1. The first-order valence-electron chi connectivity index (χ1n) is 11.4. The van der Waals surface area contributed by atoms with E-state index < -0.39 is 10.8 Å². The number of carbonyl (C=O) groups is 2. The van der Waals surface area contributed by atoms with Crippen LogP contribution in [0.4, 0.5) is 5.69 Å². The molecule has 8 nitrogen and oxygen atoms in total.